The van der Waals surface area contributed by atoms with Gasteiger partial charge in [0.2, 0.25) is 0 Å². The first-order valence-electron chi connectivity index (χ1n) is 8.67. The number of thiazole rings is 1. The van der Waals surface area contributed by atoms with Crippen molar-refractivity contribution < 1.29 is 9.18 Å². The number of imidazole rings is 1. The SMILES string of the molecule is CN(Cc1ncc(-c2ccccc2)[nH]1)C(=O)c1cnc(-c2ccccc2F)s1. The van der Waals surface area contributed by atoms with Crippen LogP contribution < -0.4 is 0 Å². The first-order valence-corrected chi connectivity index (χ1v) is 9.49. The molecular formula is C21H17FN4OS. The smallest absolute Gasteiger partial charge is 0.265 e. The zero-order chi connectivity index (χ0) is 19.5. The van der Waals surface area contributed by atoms with Gasteiger partial charge in [0.1, 0.15) is 21.5 Å². The van der Waals surface area contributed by atoms with Gasteiger partial charge in [-0.2, -0.15) is 0 Å². The van der Waals surface area contributed by atoms with E-state index in [1.165, 1.54) is 23.6 Å². The molecule has 5 nitrogen and oxygen atoms in total. The van der Waals surface area contributed by atoms with Crippen molar-refractivity contribution in [3.8, 4) is 21.8 Å². The number of benzene rings is 2. The molecule has 0 saturated heterocycles. The third-order valence-electron chi connectivity index (χ3n) is 4.27. The number of aromatic amines is 1. The van der Waals surface area contributed by atoms with E-state index in [9.17, 15) is 9.18 Å². The molecule has 0 fully saturated rings. The predicted octanol–water partition coefficient (Wildman–Crippen LogP) is 4.61. The third-order valence-corrected chi connectivity index (χ3v) is 5.29. The van der Waals surface area contributed by atoms with Crippen molar-refractivity contribution in [1.29, 1.82) is 0 Å². The van der Waals surface area contributed by atoms with Crippen LogP contribution in [0, 0.1) is 5.82 Å². The van der Waals surface area contributed by atoms with E-state index in [0.717, 1.165) is 11.3 Å². The predicted molar refractivity (Wildman–Crippen MR) is 107 cm³/mol. The summed E-state index contributed by atoms with van der Waals surface area (Å²) in [5.74, 6) is 0.152. The number of nitrogens with zero attached hydrogens (tertiary/aromatic N) is 3. The minimum absolute atomic E-state index is 0.183. The van der Waals surface area contributed by atoms with Gasteiger partial charge < -0.3 is 9.88 Å². The Kier molecular flexibility index (Phi) is 4.99. The molecular weight excluding hydrogens is 375 g/mol. The van der Waals surface area contributed by atoms with E-state index >= 15 is 0 Å². The van der Waals surface area contributed by atoms with Crippen LogP contribution in [0.15, 0.2) is 67.0 Å². The van der Waals surface area contributed by atoms with Gasteiger partial charge in [0, 0.05) is 12.6 Å². The van der Waals surface area contributed by atoms with E-state index < -0.39 is 0 Å². The van der Waals surface area contributed by atoms with Crippen molar-refractivity contribution in [3.63, 3.8) is 0 Å². The van der Waals surface area contributed by atoms with Crippen LogP contribution in [-0.4, -0.2) is 32.8 Å². The molecule has 2 heterocycles. The number of hydrogen-bond acceptors (Lipinski definition) is 4. The molecule has 0 aliphatic carbocycles. The molecule has 2 aromatic heterocycles. The first-order chi connectivity index (χ1) is 13.6. The van der Waals surface area contributed by atoms with Gasteiger partial charge in [-0.05, 0) is 17.7 Å². The Bertz CT molecular complexity index is 1110. The second kappa shape index (κ2) is 7.74. The molecule has 28 heavy (non-hydrogen) atoms. The number of rotatable bonds is 5. The molecule has 0 spiro atoms. The standard InChI is InChI=1S/C21H17FN4OS/c1-26(13-19-23-11-17(25-19)14-7-3-2-4-8-14)21(27)18-12-24-20(28-18)15-9-5-6-10-16(15)22/h2-12H,13H2,1H3,(H,23,25). The molecule has 0 saturated carbocycles. The van der Waals surface area contributed by atoms with Crippen LogP contribution in [0.3, 0.4) is 0 Å². The Hall–Kier alpha value is -3.32. The second-order valence-corrected chi connectivity index (χ2v) is 7.31. The van der Waals surface area contributed by atoms with E-state index in [-0.39, 0.29) is 11.7 Å². The molecule has 1 N–H and O–H groups in total. The molecule has 0 aliphatic rings. The Balaban J connectivity index is 1.47. The van der Waals surface area contributed by atoms with Crippen molar-refractivity contribution in [2.75, 3.05) is 7.05 Å². The molecule has 2 aromatic carbocycles. The van der Waals surface area contributed by atoms with Gasteiger partial charge in [0.05, 0.1) is 24.6 Å². The number of carbonyl (C=O) groups is 1. The number of nitrogens with one attached hydrogen (secondary N) is 1. The van der Waals surface area contributed by atoms with Gasteiger partial charge in [0.25, 0.3) is 5.91 Å². The number of carbonyl (C=O) groups excluding carboxylic acids is 1. The van der Waals surface area contributed by atoms with Crippen LogP contribution in [0.25, 0.3) is 21.8 Å². The second-order valence-electron chi connectivity index (χ2n) is 6.28. The van der Waals surface area contributed by atoms with E-state index in [0.29, 0.717) is 27.8 Å². The lowest BCUT2D eigenvalue weighted by molar-refractivity contribution is 0.0786. The van der Waals surface area contributed by atoms with Crippen LogP contribution in [0.4, 0.5) is 4.39 Å². The number of halogens is 1. The van der Waals surface area contributed by atoms with Crippen LogP contribution >= 0.6 is 11.3 Å². The Morgan fingerprint density at radius 2 is 1.82 bits per heavy atom. The third kappa shape index (κ3) is 3.70. The van der Waals surface area contributed by atoms with Gasteiger partial charge in [0.15, 0.2) is 0 Å². The number of amides is 1. The lowest BCUT2D eigenvalue weighted by Crippen LogP contribution is -2.25. The molecule has 0 bridgehead atoms. The zero-order valence-electron chi connectivity index (χ0n) is 15.1. The molecule has 7 heteroatoms. The van der Waals surface area contributed by atoms with Crippen LogP contribution in [0.2, 0.25) is 0 Å². The lowest BCUT2D eigenvalue weighted by Gasteiger charge is -2.14. The summed E-state index contributed by atoms with van der Waals surface area (Å²) in [6.45, 7) is 0.332. The fraction of sp³-hybridized carbons (Fsp3) is 0.0952. The van der Waals surface area contributed by atoms with E-state index in [1.807, 2.05) is 30.3 Å². The fourth-order valence-electron chi connectivity index (χ4n) is 2.82. The molecule has 0 radical (unpaired) electrons. The summed E-state index contributed by atoms with van der Waals surface area (Å²) in [6, 6.07) is 16.3. The molecule has 0 aliphatic heterocycles. The molecule has 1 amide bonds. The molecule has 4 aromatic rings. The summed E-state index contributed by atoms with van der Waals surface area (Å²) in [4.78, 5) is 26.5. The zero-order valence-corrected chi connectivity index (χ0v) is 15.9. The average Bonchev–Trinajstić information content (AvgIpc) is 3.38. The summed E-state index contributed by atoms with van der Waals surface area (Å²) < 4.78 is 13.9. The summed E-state index contributed by atoms with van der Waals surface area (Å²) in [5, 5.41) is 0.485. The van der Waals surface area contributed by atoms with Crippen molar-refractivity contribution in [1.82, 2.24) is 19.9 Å². The average molecular weight is 392 g/mol. The van der Waals surface area contributed by atoms with Crippen molar-refractivity contribution in [2.24, 2.45) is 0 Å². The topological polar surface area (TPSA) is 61.9 Å². The Morgan fingerprint density at radius 1 is 1.07 bits per heavy atom. The van der Waals surface area contributed by atoms with Gasteiger partial charge in [-0.3, -0.25) is 4.79 Å². The highest BCUT2D eigenvalue weighted by molar-refractivity contribution is 7.16. The van der Waals surface area contributed by atoms with E-state index in [2.05, 4.69) is 15.0 Å². The summed E-state index contributed by atoms with van der Waals surface area (Å²) >= 11 is 1.18. The van der Waals surface area contributed by atoms with E-state index in [4.69, 9.17) is 0 Å². The quantitative estimate of drug-likeness (QED) is 0.539. The number of H-pyrrole nitrogens is 1. The van der Waals surface area contributed by atoms with Gasteiger partial charge in [-0.15, -0.1) is 11.3 Å². The first kappa shape index (κ1) is 18.1. The maximum absolute atomic E-state index is 13.9. The van der Waals surface area contributed by atoms with Crippen LogP contribution in [0.5, 0.6) is 0 Å². The van der Waals surface area contributed by atoms with Crippen LogP contribution in [-0.2, 0) is 6.54 Å². The van der Waals surface area contributed by atoms with E-state index in [1.54, 1.807) is 36.3 Å². The lowest BCUT2D eigenvalue weighted by atomic mass is 10.2. The molecule has 0 atom stereocenters. The number of hydrogen-bond donors (Lipinski definition) is 1. The van der Waals surface area contributed by atoms with Crippen LogP contribution in [0.1, 0.15) is 15.5 Å². The van der Waals surface area contributed by atoms with Gasteiger partial charge in [-0.1, -0.05) is 42.5 Å². The molecule has 0 unspecified atom stereocenters. The Labute approximate surface area is 165 Å². The van der Waals surface area contributed by atoms with Crippen molar-refractivity contribution >= 4 is 17.2 Å². The highest BCUT2D eigenvalue weighted by atomic mass is 32.1. The van der Waals surface area contributed by atoms with Gasteiger partial charge >= 0.3 is 0 Å². The summed E-state index contributed by atoms with van der Waals surface area (Å²) in [7, 11) is 1.70. The minimum atomic E-state index is -0.353. The molecule has 140 valence electrons. The monoisotopic (exact) mass is 392 g/mol. The summed E-state index contributed by atoms with van der Waals surface area (Å²) in [6.07, 6.45) is 3.24. The molecule has 4 rings (SSSR count). The number of aromatic nitrogens is 3. The van der Waals surface area contributed by atoms with Gasteiger partial charge in [-0.25, -0.2) is 14.4 Å². The summed E-state index contributed by atoms with van der Waals surface area (Å²) in [5.41, 5.74) is 2.33. The maximum atomic E-state index is 13.9. The minimum Gasteiger partial charge on any atom is -0.341 e. The highest BCUT2D eigenvalue weighted by Gasteiger charge is 2.18. The maximum Gasteiger partial charge on any atom is 0.265 e. The normalized spacial score (nSPS) is 10.8. The highest BCUT2D eigenvalue weighted by Crippen LogP contribution is 2.28. The van der Waals surface area contributed by atoms with Crippen molar-refractivity contribution in [2.45, 2.75) is 6.54 Å². The Morgan fingerprint density at radius 3 is 2.61 bits per heavy atom. The van der Waals surface area contributed by atoms with Crippen molar-refractivity contribution in [3.05, 3.63) is 83.5 Å². The largest absolute Gasteiger partial charge is 0.341 e. The fourth-order valence-corrected chi connectivity index (χ4v) is 3.76.